The molecule has 2 N–H and O–H groups in total. The summed E-state index contributed by atoms with van der Waals surface area (Å²) in [5, 5.41) is 12.2. The number of fused-ring (bicyclic) bond motifs is 1. The van der Waals surface area contributed by atoms with E-state index in [-0.39, 0.29) is 5.56 Å². The van der Waals surface area contributed by atoms with Gasteiger partial charge in [0.2, 0.25) is 0 Å². The number of hydrogen-bond acceptors (Lipinski definition) is 5. The predicted octanol–water partition coefficient (Wildman–Crippen LogP) is 10.2. The number of benzene rings is 2. The Labute approximate surface area is 303 Å². The van der Waals surface area contributed by atoms with Gasteiger partial charge in [-0.15, -0.1) is 0 Å². The molecule has 0 amide bonds. The number of hydrogen-bond donors (Lipinski definition) is 2. The number of rotatable bonds is 22. The summed E-state index contributed by atoms with van der Waals surface area (Å²) in [4.78, 5) is 33.4. The fourth-order valence-corrected chi connectivity index (χ4v) is 7.35. The van der Waals surface area contributed by atoms with Crippen LogP contribution in [-0.2, 0) is 10.2 Å². The Hall–Kier alpha value is -2.74. The third-order valence-electron chi connectivity index (χ3n) is 10.2. The van der Waals surface area contributed by atoms with Gasteiger partial charge in [-0.3, -0.25) is 14.5 Å². The van der Waals surface area contributed by atoms with Crippen LogP contribution in [0.2, 0.25) is 10.0 Å². The van der Waals surface area contributed by atoms with Gasteiger partial charge in [0.05, 0.1) is 33.3 Å². The van der Waals surface area contributed by atoms with Crippen molar-refractivity contribution in [2.75, 3.05) is 44.2 Å². The minimum Gasteiger partial charge on any atom is -0.494 e. The quantitative estimate of drug-likeness (QED) is 0.101. The molecule has 9 heteroatoms. The molecule has 2 heterocycles. The molecule has 1 fully saturated rings. The fraction of sp³-hybridized carbons (Fsp3) is 0.600. The van der Waals surface area contributed by atoms with E-state index in [1.165, 1.54) is 57.8 Å². The lowest BCUT2D eigenvalue weighted by atomic mass is 9.78. The Balaban J connectivity index is 1.18. The molecule has 3 aromatic rings. The molecule has 1 unspecified atom stereocenters. The molecular weight excluding hydrogens is 657 g/mol. The van der Waals surface area contributed by atoms with E-state index < -0.39 is 11.4 Å². The number of carboxylic acids is 1. The molecule has 1 aromatic heterocycles. The number of nitrogens with zero attached hydrogens (tertiary/aromatic N) is 2. The molecule has 0 radical (unpaired) electrons. The summed E-state index contributed by atoms with van der Waals surface area (Å²) in [5.41, 5.74) is 0.402. The van der Waals surface area contributed by atoms with Gasteiger partial charge in [-0.1, -0.05) is 113 Å². The number of piperazine rings is 1. The first kappa shape index (κ1) is 39.1. The van der Waals surface area contributed by atoms with Gasteiger partial charge in [0.25, 0.3) is 5.56 Å². The number of carbonyl (C=O) groups is 1. The second kappa shape index (κ2) is 20.2. The van der Waals surface area contributed by atoms with E-state index in [0.29, 0.717) is 39.9 Å². The number of nitrogens with one attached hydrogen (secondary N) is 1. The lowest BCUT2D eigenvalue weighted by Crippen LogP contribution is -2.46. The minimum atomic E-state index is -1.23. The second-order valence-electron chi connectivity index (χ2n) is 14.0. The number of H-pyrrole nitrogens is 1. The number of aromatic amines is 1. The number of aliphatic carboxylic acids is 1. The number of ether oxygens (including phenoxy) is 1. The van der Waals surface area contributed by atoms with E-state index in [9.17, 15) is 14.7 Å². The first-order valence-electron chi connectivity index (χ1n) is 18.7. The summed E-state index contributed by atoms with van der Waals surface area (Å²) in [6.07, 6.45) is 17.0. The largest absolute Gasteiger partial charge is 0.494 e. The third-order valence-corrected chi connectivity index (χ3v) is 11.0. The number of pyridine rings is 1. The number of carboxylic acid groups (broad SMARTS) is 1. The maximum Gasteiger partial charge on any atom is 0.314 e. The van der Waals surface area contributed by atoms with Gasteiger partial charge in [-0.2, -0.15) is 0 Å². The zero-order valence-electron chi connectivity index (χ0n) is 29.7. The highest BCUT2D eigenvalue weighted by Gasteiger charge is 2.37. The van der Waals surface area contributed by atoms with Crippen LogP contribution < -0.4 is 15.2 Å². The smallest absolute Gasteiger partial charge is 0.314 e. The number of aromatic nitrogens is 1. The van der Waals surface area contributed by atoms with E-state index in [2.05, 4.69) is 21.7 Å². The number of unbranched alkanes of at least 4 members (excludes halogenated alkanes) is 12. The highest BCUT2D eigenvalue weighted by molar-refractivity contribution is 6.43. The Kier molecular flexibility index (Phi) is 16.1. The molecule has 0 spiro atoms. The normalized spacial score (nSPS) is 15.1. The van der Waals surface area contributed by atoms with Crippen molar-refractivity contribution in [3.63, 3.8) is 0 Å². The maximum absolute atomic E-state index is 13.2. The van der Waals surface area contributed by atoms with Crippen LogP contribution >= 0.6 is 23.2 Å². The van der Waals surface area contributed by atoms with Gasteiger partial charge < -0.3 is 19.7 Å². The van der Waals surface area contributed by atoms with Crippen LogP contribution in [0.25, 0.3) is 10.9 Å². The third kappa shape index (κ3) is 11.7. The van der Waals surface area contributed by atoms with Crippen LogP contribution in [0.15, 0.2) is 47.3 Å². The molecule has 0 bridgehead atoms. The van der Waals surface area contributed by atoms with Crippen molar-refractivity contribution in [2.24, 2.45) is 0 Å². The fourth-order valence-electron chi connectivity index (χ4n) is 6.93. The summed E-state index contributed by atoms with van der Waals surface area (Å²) in [6.45, 7) is 9.32. The molecule has 1 atom stereocenters. The molecule has 1 aliphatic rings. The van der Waals surface area contributed by atoms with Crippen molar-refractivity contribution in [3.8, 4) is 5.75 Å². The van der Waals surface area contributed by atoms with Gasteiger partial charge >= 0.3 is 5.97 Å². The van der Waals surface area contributed by atoms with E-state index in [1.54, 1.807) is 13.0 Å². The van der Waals surface area contributed by atoms with E-state index in [4.69, 9.17) is 27.9 Å². The molecule has 1 saturated heterocycles. The zero-order valence-corrected chi connectivity index (χ0v) is 31.2. The van der Waals surface area contributed by atoms with Crippen LogP contribution in [0.4, 0.5) is 5.69 Å². The SMILES string of the molecule is CCCCCCCCCCCCCCC(C)(C(=O)O)c1cc2ccc(OCCCCN3CCN(c4cccc(Cl)c4Cl)CC3)cc2[nH]c1=O. The molecule has 49 heavy (non-hydrogen) atoms. The first-order valence-corrected chi connectivity index (χ1v) is 19.4. The van der Waals surface area contributed by atoms with Crippen molar-refractivity contribution in [1.29, 1.82) is 0 Å². The van der Waals surface area contributed by atoms with Gasteiger partial charge in [-0.05, 0) is 68.4 Å². The lowest BCUT2D eigenvalue weighted by Gasteiger charge is -2.36. The molecule has 7 nitrogen and oxygen atoms in total. The van der Waals surface area contributed by atoms with Crippen LogP contribution in [0.1, 0.15) is 116 Å². The van der Waals surface area contributed by atoms with Crippen LogP contribution in [0.5, 0.6) is 5.75 Å². The van der Waals surface area contributed by atoms with Crippen molar-refractivity contribution in [1.82, 2.24) is 9.88 Å². The van der Waals surface area contributed by atoms with E-state index >= 15 is 0 Å². The van der Waals surface area contributed by atoms with Crippen molar-refractivity contribution in [3.05, 3.63) is 68.4 Å². The molecular formula is C40H57Cl2N3O4. The van der Waals surface area contributed by atoms with E-state index in [0.717, 1.165) is 75.9 Å². The second-order valence-corrected chi connectivity index (χ2v) is 14.8. The van der Waals surface area contributed by atoms with Gasteiger partial charge in [0.1, 0.15) is 5.75 Å². The van der Waals surface area contributed by atoms with Crippen molar-refractivity contribution >= 4 is 45.8 Å². The molecule has 2 aromatic carbocycles. The summed E-state index contributed by atoms with van der Waals surface area (Å²) in [5.74, 6) is -0.256. The minimum absolute atomic E-state index is 0.320. The van der Waals surface area contributed by atoms with E-state index in [1.807, 2.05) is 36.4 Å². The summed E-state index contributed by atoms with van der Waals surface area (Å²) < 4.78 is 6.03. The number of anilines is 1. The Morgan fingerprint density at radius 2 is 1.51 bits per heavy atom. The van der Waals surface area contributed by atoms with Gasteiger partial charge in [0.15, 0.2) is 0 Å². The van der Waals surface area contributed by atoms with Crippen LogP contribution in [-0.4, -0.2) is 60.3 Å². The molecule has 1 aliphatic heterocycles. The Morgan fingerprint density at radius 1 is 0.857 bits per heavy atom. The van der Waals surface area contributed by atoms with Crippen molar-refractivity contribution < 1.29 is 14.6 Å². The first-order chi connectivity index (χ1) is 23.7. The van der Waals surface area contributed by atoms with Gasteiger partial charge in [0, 0.05) is 37.8 Å². The van der Waals surface area contributed by atoms with Crippen LogP contribution in [0, 0.1) is 0 Å². The Morgan fingerprint density at radius 3 is 2.16 bits per heavy atom. The highest BCUT2D eigenvalue weighted by atomic mass is 35.5. The standard InChI is InChI=1S/C40H57Cl2N3O4/c1-3-4-5-6-7-8-9-10-11-12-13-14-22-40(2,39(47)48)33-29-31-20-21-32(30-35(31)43-38(33)46)49-28-16-15-23-44-24-26-45(27-25-44)36-19-17-18-34(41)37(36)42/h17-21,29-30H,3-16,22-28H2,1-2H3,(H,43,46)(H,47,48). The lowest BCUT2D eigenvalue weighted by molar-refractivity contribution is -0.143. The molecule has 4 rings (SSSR count). The van der Waals surface area contributed by atoms with Gasteiger partial charge in [-0.25, -0.2) is 0 Å². The summed E-state index contributed by atoms with van der Waals surface area (Å²) in [6, 6.07) is 13.2. The maximum atomic E-state index is 13.2. The summed E-state index contributed by atoms with van der Waals surface area (Å²) in [7, 11) is 0. The monoisotopic (exact) mass is 713 g/mol. The Bertz CT molecular complexity index is 1520. The number of halogens is 2. The predicted molar refractivity (Wildman–Crippen MR) is 205 cm³/mol. The van der Waals surface area contributed by atoms with Crippen molar-refractivity contribution in [2.45, 2.75) is 116 Å². The topological polar surface area (TPSA) is 85.9 Å². The zero-order chi connectivity index (χ0) is 35.1. The highest BCUT2D eigenvalue weighted by Crippen LogP contribution is 2.33. The summed E-state index contributed by atoms with van der Waals surface area (Å²) >= 11 is 12.6. The molecule has 0 saturated carbocycles. The average molecular weight is 715 g/mol. The average Bonchev–Trinajstić information content (AvgIpc) is 3.09. The molecule has 0 aliphatic carbocycles. The molecule has 270 valence electrons. The van der Waals surface area contributed by atoms with Crippen LogP contribution in [0.3, 0.4) is 0 Å².